The zero-order valence-electron chi connectivity index (χ0n) is 13.1. The molecule has 0 amide bonds. The lowest BCUT2D eigenvalue weighted by Crippen LogP contribution is -2.05. The number of rotatable bonds is 5. The molecule has 3 heterocycles. The lowest BCUT2D eigenvalue weighted by atomic mass is 10.2. The number of aromatic nitrogens is 2. The van der Waals surface area contributed by atoms with E-state index in [1.54, 1.807) is 6.26 Å². The lowest BCUT2D eigenvalue weighted by Gasteiger charge is -2.10. The van der Waals surface area contributed by atoms with Gasteiger partial charge in [-0.25, -0.2) is 4.98 Å². The molecule has 1 aromatic carbocycles. The van der Waals surface area contributed by atoms with Crippen LogP contribution < -0.4 is 20.1 Å². The second-order valence-corrected chi connectivity index (χ2v) is 5.34. The summed E-state index contributed by atoms with van der Waals surface area (Å²) >= 11 is 0. The van der Waals surface area contributed by atoms with Crippen molar-refractivity contribution in [2.75, 3.05) is 17.4 Å². The van der Waals surface area contributed by atoms with Gasteiger partial charge in [-0.05, 0) is 31.2 Å². The molecule has 2 aromatic heterocycles. The molecule has 24 heavy (non-hydrogen) atoms. The maximum Gasteiger partial charge on any atom is 0.231 e. The Kier molecular flexibility index (Phi) is 3.66. The Labute approximate surface area is 138 Å². The van der Waals surface area contributed by atoms with Gasteiger partial charge in [0.1, 0.15) is 11.6 Å². The van der Waals surface area contributed by atoms with Crippen molar-refractivity contribution < 1.29 is 13.9 Å². The smallest absolute Gasteiger partial charge is 0.231 e. The second-order valence-electron chi connectivity index (χ2n) is 5.34. The summed E-state index contributed by atoms with van der Waals surface area (Å²) in [6.07, 6.45) is 1.64. The molecule has 0 radical (unpaired) electrons. The number of hydrogen-bond acceptors (Lipinski definition) is 7. The summed E-state index contributed by atoms with van der Waals surface area (Å²) in [5.41, 5.74) is 1.73. The second kappa shape index (κ2) is 6.11. The number of anilines is 3. The van der Waals surface area contributed by atoms with E-state index in [0.29, 0.717) is 18.3 Å². The highest BCUT2D eigenvalue weighted by Gasteiger charge is 2.13. The van der Waals surface area contributed by atoms with Gasteiger partial charge in [0.05, 0.1) is 12.8 Å². The summed E-state index contributed by atoms with van der Waals surface area (Å²) in [7, 11) is 0. The van der Waals surface area contributed by atoms with Gasteiger partial charge in [0.15, 0.2) is 11.5 Å². The predicted molar refractivity (Wildman–Crippen MR) is 88.7 cm³/mol. The highest BCUT2D eigenvalue weighted by molar-refractivity contribution is 5.62. The molecule has 0 spiro atoms. The fraction of sp³-hybridized carbons (Fsp3) is 0.176. The molecule has 0 bridgehead atoms. The maximum absolute atomic E-state index is 5.39. The average Bonchev–Trinajstić information content (AvgIpc) is 3.23. The first-order valence-corrected chi connectivity index (χ1v) is 7.55. The van der Waals surface area contributed by atoms with E-state index in [2.05, 4.69) is 20.6 Å². The summed E-state index contributed by atoms with van der Waals surface area (Å²) < 4.78 is 16.0. The number of aryl methyl sites for hydroxylation is 1. The highest BCUT2D eigenvalue weighted by atomic mass is 16.7. The molecule has 0 saturated heterocycles. The van der Waals surface area contributed by atoms with Crippen molar-refractivity contribution in [3.05, 3.63) is 54.1 Å². The monoisotopic (exact) mass is 324 g/mol. The van der Waals surface area contributed by atoms with Gasteiger partial charge < -0.3 is 24.5 Å². The molecule has 0 aliphatic carbocycles. The van der Waals surface area contributed by atoms with Crippen molar-refractivity contribution in [3.8, 4) is 11.5 Å². The van der Waals surface area contributed by atoms with Crippen LogP contribution in [0.15, 0.2) is 47.1 Å². The van der Waals surface area contributed by atoms with Crippen LogP contribution in [-0.4, -0.2) is 16.8 Å². The van der Waals surface area contributed by atoms with Gasteiger partial charge >= 0.3 is 0 Å². The van der Waals surface area contributed by atoms with E-state index in [-0.39, 0.29) is 6.79 Å². The summed E-state index contributed by atoms with van der Waals surface area (Å²) in [6, 6.07) is 11.3. The van der Waals surface area contributed by atoms with E-state index in [1.807, 2.05) is 43.3 Å². The zero-order valence-corrected chi connectivity index (χ0v) is 13.1. The molecule has 1 aliphatic heterocycles. The molecule has 1 aliphatic rings. The molecular formula is C17H16N4O3. The van der Waals surface area contributed by atoms with Gasteiger partial charge in [0, 0.05) is 23.5 Å². The average molecular weight is 324 g/mol. The van der Waals surface area contributed by atoms with Crippen molar-refractivity contribution in [1.29, 1.82) is 0 Å². The standard InChI is InChI=1S/C17H16N4O3/c1-11-7-16(20-12-4-5-14-15(8-12)24-10-23-14)21-17(19-11)18-9-13-3-2-6-22-13/h2-8H,9-10H2,1H3,(H2,18,19,20,21). The largest absolute Gasteiger partial charge is 0.467 e. The number of nitrogens with one attached hydrogen (secondary N) is 2. The van der Waals surface area contributed by atoms with Crippen molar-refractivity contribution >= 4 is 17.5 Å². The van der Waals surface area contributed by atoms with Crippen molar-refractivity contribution in [1.82, 2.24) is 9.97 Å². The van der Waals surface area contributed by atoms with E-state index in [9.17, 15) is 0 Å². The summed E-state index contributed by atoms with van der Waals surface area (Å²) in [5.74, 6) is 3.53. The molecule has 0 fully saturated rings. The zero-order chi connectivity index (χ0) is 16.4. The molecule has 7 heteroatoms. The van der Waals surface area contributed by atoms with Crippen LogP contribution >= 0.6 is 0 Å². The molecule has 0 unspecified atom stereocenters. The van der Waals surface area contributed by atoms with Crippen LogP contribution in [-0.2, 0) is 6.54 Å². The van der Waals surface area contributed by atoms with Crippen LogP contribution in [0.1, 0.15) is 11.5 Å². The summed E-state index contributed by atoms with van der Waals surface area (Å²) in [5, 5.41) is 6.41. The molecule has 3 aromatic rings. The third-order valence-corrected chi connectivity index (χ3v) is 3.50. The van der Waals surface area contributed by atoms with Gasteiger partial charge in [-0.15, -0.1) is 0 Å². The third-order valence-electron chi connectivity index (χ3n) is 3.50. The van der Waals surface area contributed by atoms with Crippen LogP contribution in [0.5, 0.6) is 11.5 Å². The van der Waals surface area contributed by atoms with Gasteiger partial charge in [-0.3, -0.25) is 0 Å². The minimum Gasteiger partial charge on any atom is -0.467 e. The number of benzene rings is 1. The molecule has 2 N–H and O–H groups in total. The molecule has 7 nitrogen and oxygen atoms in total. The first kappa shape index (κ1) is 14.4. The minimum absolute atomic E-state index is 0.256. The SMILES string of the molecule is Cc1cc(Nc2ccc3c(c2)OCO3)nc(NCc2ccco2)n1. The number of furan rings is 1. The number of nitrogens with zero attached hydrogens (tertiary/aromatic N) is 2. The lowest BCUT2D eigenvalue weighted by molar-refractivity contribution is 0.174. The predicted octanol–water partition coefficient (Wildman–Crippen LogP) is 3.46. The Hall–Kier alpha value is -3.22. The molecule has 0 saturated carbocycles. The van der Waals surface area contributed by atoms with E-state index in [1.165, 1.54) is 0 Å². The van der Waals surface area contributed by atoms with Gasteiger partial charge in [0.25, 0.3) is 0 Å². The van der Waals surface area contributed by atoms with E-state index in [4.69, 9.17) is 13.9 Å². The number of fused-ring (bicyclic) bond motifs is 1. The summed E-state index contributed by atoms with van der Waals surface area (Å²) in [4.78, 5) is 8.86. The van der Waals surface area contributed by atoms with E-state index >= 15 is 0 Å². The third kappa shape index (κ3) is 3.10. The van der Waals surface area contributed by atoms with Crippen molar-refractivity contribution in [2.24, 2.45) is 0 Å². The molecular weight excluding hydrogens is 308 g/mol. The maximum atomic E-state index is 5.39. The number of ether oxygens (including phenoxy) is 2. The number of hydrogen-bond donors (Lipinski definition) is 2. The van der Waals surface area contributed by atoms with Crippen LogP contribution in [0.25, 0.3) is 0 Å². The van der Waals surface area contributed by atoms with Gasteiger partial charge in [-0.1, -0.05) is 0 Å². The Bertz CT molecular complexity index is 849. The Morgan fingerprint density at radius 3 is 2.88 bits per heavy atom. The first-order valence-electron chi connectivity index (χ1n) is 7.55. The van der Waals surface area contributed by atoms with Crippen LogP contribution in [0.4, 0.5) is 17.5 Å². The quantitative estimate of drug-likeness (QED) is 0.743. The Morgan fingerprint density at radius 2 is 2.00 bits per heavy atom. The first-order chi connectivity index (χ1) is 11.8. The highest BCUT2D eigenvalue weighted by Crippen LogP contribution is 2.35. The Morgan fingerprint density at radius 1 is 1.08 bits per heavy atom. The topological polar surface area (TPSA) is 81.4 Å². The molecule has 122 valence electrons. The fourth-order valence-electron chi connectivity index (χ4n) is 2.41. The fourth-order valence-corrected chi connectivity index (χ4v) is 2.41. The van der Waals surface area contributed by atoms with Gasteiger partial charge in [0.2, 0.25) is 12.7 Å². The van der Waals surface area contributed by atoms with Crippen LogP contribution in [0.3, 0.4) is 0 Å². The van der Waals surface area contributed by atoms with Crippen molar-refractivity contribution in [2.45, 2.75) is 13.5 Å². The molecule has 0 atom stereocenters. The minimum atomic E-state index is 0.256. The van der Waals surface area contributed by atoms with Gasteiger partial charge in [-0.2, -0.15) is 4.98 Å². The molecule has 4 rings (SSSR count). The van der Waals surface area contributed by atoms with Crippen LogP contribution in [0.2, 0.25) is 0 Å². The summed E-state index contributed by atoms with van der Waals surface area (Å²) in [6.45, 7) is 2.71. The van der Waals surface area contributed by atoms with E-state index in [0.717, 1.165) is 28.6 Å². The van der Waals surface area contributed by atoms with Crippen molar-refractivity contribution in [3.63, 3.8) is 0 Å². The van der Waals surface area contributed by atoms with E-state index < -0.39 is 0 Å². The normalized spacial score (nSPS) is 12.2. The Balaban J connectivity index is 1.50. The van der Waals surface area contributed by atoms with Crippen LogP contribution in [0, 0.1) is 6.92 Å².